The first-order valence-corrected chi connectivity index (χ1v) is 6.73. The summed E-state index contributed by atoms with van der Waals surface area (Å²) < 4.78 is 70.7. The van der Waals surface area contributed by atoms with Crippen molar-refractivity contribution in [2.45, 2.75) is 25.6 Å². The minimum Gasteiger partial charge on any atom is -0.350 e. The molecule has 0 radical (unpaired) electrons. The molecule has 11 heteroatoms. The Hall–Kier alpha value is -2.27. The Bertz CT molecular complexity index is 635. The number of hydrogen-bond acceptors (Lipinski definition) is 4. The molecule has 2 rings (SSSR count). The van der Waals surface area contributed by atoms with Crippen LogP contribution in [0.15, 0.2) is 0 Å². The highest BCUT2D eigenvalue weighted by Crippen LogP contribution is 2.27. The van der Waals surface area contributed by atoms with Crippen LogP contribution in [0.4, 0.5) is 27.6 Å². The number of hydroxylamine groups is 1. The molecule has 6 nitrogen and oxygen atoms in total. The van der Waals surface area contributed by atoms with Gasteiger partial charge in [-0.1, -0.05) is 0 Å². The minimum absolute atomic E-state index is 0.386. The molecule has 1 fully saturated rings. The highest BCUT2D eigenvalue weighted by molar-refractivity contribution is 6.39. The van der Waals surface area contributed by atoms with Gasteiger partial charge in [-0.2, -0.15) is 0 Å². The van der Waals surface area contributed by atoms with Gasteiger partial charge in [0.1, 0.15) is 5.69 Å². The van der Waals surface area contributed by atoms with E-state index in [1.54, 1.807) is 5.48 Å². The zero-order chi connectivity index (χ0) is 17.9. The van der Waals surface area contributed by atoms with Crippen molar-refractivity contribution >= 4 is 17.5 Å². The predicted octanol–water partition coefficient (Wildman–Crippen LogP) is 1.89. The van der Waals surface area contributed by atoms with Crippen molar-refractivity contribution in [2.24, 2.45) is 0 Å². The van der Waals surface area contributed by atoms with Gasteiger partial charge in [0.25, 0.3) is 0 Å². The zero-order valence-corrected chi connectivity index (χ0v) is 11.9. The molecule has 1 aromatic rings. The second kappa shape index (κ2) is 7.53. The number of anilines is 1. The summed E-state index contributed by atoms with van der Waals surface area (Å²) in [6.45, 7) is 0.386. The first-order chi connectivity index (χ1) is 11.3. The van der Waals surface area contributed by atoms with Gasteiger partial charge < -0.3 is 10.1 Å². The molecule has 1 atom stereocenters. The van der Waals surface area contributed by atoms with Crippen molar-refractivity contribution in [2.75, 3.05) is 11.9 Å². The molecule has 0 saturated carbocycles. The number of amides is 2. The van der Waals surface area contributed by atoms with Crippen molar-refractivity contribution in [3.05, 3.63) is 29.1 Å². The maximum atomic E-state index is 13.4. The summed E-state index contributed by atoms with van der Waals surface area (Å²) in [6, 6.07) is 0. The summed E-state index contributed by atoms with van der Waals surface area (Å²) in [5.74, 6) is -14.6. The van der Waals surface area contributed by atoms with E-state index in [0.717, 1.165) is 12.8 Å². The van der Waals surface area contributed by atoms with Crippen LogP contribution in [0.25, 0.3) is 0 Å². The summed E-state index contributed by atoms with van der Waals surface area (Å²) in [7, 11) is 0. The number of carbonyl (C=O) groups is 2. The molecular weight excluding hydrogens is 343 g/mol. The van der Waals surface area contributed by atoms with Gasteiger partial charge in [-0.3, -0.25) is 9.59 Å². The Morgan fingerprint density at radius 2 is 1.50 bits per heavy atom. The molecule has 132 valence electrons. The fraction of sp³-hybridized carbons (Fsp3) is 0.385. The second-order valence-corrected chi connectivity index (χ2v) is 4.74. The first-order valence-electron chi connectivity index (χ1n) is 6.73. The van der Waals surface area contributed by atoms with E-state index in [4.69, 9.17) is 9.57 Å². The van der Waals surface area contributed by atoms with Gasteiger partial charge in [-0.25, -0.2) is 32.3 Å². The highest BCUT2D eigenvalue weighted by atomic mass is 19.2. The Morgan fingerprint density at radius 3 is 2.04 bits per heavy atom. The summed E-state index contributed by atoms with van der Waals surface area (Å²) in [4.78, 5) is 27.7. The van der Waals surface area contributed by atoms with Crippen LogP contribution in [0.3, 0.4) is 0 Å². The molecule has 1 aliphatic rings. The summed E-state index contributed by atoms with van der Waals surface area (Å²) in [5.41, 5.74) is 0.0310. The van der Waals surface area contributed by atoms with E-state index in [-0.39, 0.29) is 0 Å². The lowest BCUT2D eigenvalue weighted by atomic mass is 10.2. The maximum Gasteiger partial charge on any atom is 0.333 e. The van der Waals surface area contributed by atoms with E-state index in [2.05, 4.69) is 0 Å². The number of hydrogen-bond donors (Lipinski definition) is 2. The summed E-state index contributed by atoms with van der Waals surface area (Å²) >= 11 is 0. The number of rotatable bonds is 3. The van der Waals surface area contributed by atoms with E-state index >= 15 is 0 Å². The molecule has 2 N–H and O–H groups in total. The molecular formula is C13H11F5N2O4. The molecule has 0 aliphatic carbocycles. The van der Waals surface area contributed by atoms with Gasteiger partial charge in [-0.15, -0.1) is 0 Å². The molecule has 2 amide bonds. The van der Waals surface area contributed by atoms with Crippen LogP contribution >= 0.6 is 0 Å². The Kier molecular flexibility index (Phi) is 5.67. The van der Waals surface area contributed by atoms with Crippen LogP contribution in [-0.4, -0.2) is 24.7 Å². The SMILES string of the molecule is O=C(NO[C@H]1CCCCO1)C(=O)Nc1c(F)c(F)c(F)c(F)c1F. The number of benzene rings is 1. The first kappa shape index (κ1) is 18.1. The zero-order valence-electron chi connectivity index (χ0n) is 11.9. The van der Waals surface area contributed by atoms with Gasteiger partial charge in [-0.05, 0) is 12.8 Å². The average molecular weight is 354 g/mol. The smallest absolute Gasteiger partial charge is 0.333 e. The number of carbonyl (C=O) groups excluding carboxylic acids is 2. The van der Waals surface area contributed by atoms with Crippen molar-refractivity contribution in [1.29, 1.82) is 0 Å². The van der Waals surface area contributed by atoms with Gasteiger partial charge in [0, 0.05) is 13.0 Å². The van der Waals surface area contributed by atoms with Crippen LogP contribution in [0.5, 0.6) is 0 Å². The molecule has 1 saturated heterocycles. The van der Waals surface area contributed by atoms with Gasteiger partial charge in [0.15, 0.2) is 29.6 Å². The van der Waals surface area contributed by atoms with Gasteiger partial charge >= 0.3 is 11.8 Å². The molecule has 1 aromatic carbocycles. The Labute approximate surface area is 131 Å². The predicted molar refractivity (Wildman–Crippen MR) is 67.7 cm³/mol. The highest BCUT2D eigenvalue weighted by Gasteiger charge is 2.28. The molecule has 1 aliphatic heterocycles. The monoisotopic (exact) mass is 354 g/mol. The summed E-state index contributed by atoms with van der Waals surface area (Å²) in [6.07, 6.45) is 1.20. The standard InChI is InChI=1S/C13H11F5N2O4/c14-6-7(15)9(17)11(10(18)8(6)16)19-12(21)13(22)20-24-5-3-1-2-4-23-5/h5H,1-4H2,(H,19,21)(H,20,22)/t5-/m0/s1. The fourth-order valence-electron chi connectivity index (χ4n) is 1.85. The van der Waals surface area contributed by atoms with Gasteiger partial charge in [0.2, 0.25) is 5.82 Å². The van der Waals surface area contributed by atoms with Crippen LogP contribution in [0, 0.1) is 29.1 Å². The quantitative estimate of drug-likeness (QED) is 0.286. The van der Waals surface area contributed by atoms with E-state index in [0.29, 0.717) is 13.0 Å². The van der Waals surface area contributed by atoms with Gasteiger partial charge in [0.05, 0.1) is 0 Å². The molecule has 0 unspecified atom stereocenters. The lowest BCUT2D eigenvalue weighted by Gasteiger charge is -2.21. The lowest BCUT2D eigenvalue weighted by Crippen LogP contribution is -2.39. The third-order valence-electron chi connectivity index (χ3n) is 3.08. The Balaban J connectivity index is 2.02. The topological polar surface area (TPSA) is 76.7 Å². The molecule has 1 heterocycles. The van der Waals surface area contributed by atoms with E-state index in [9.17, 15) is 31.5 Å². The van der Waals surface area contributed by atoms with E-state index < -0.39 is 52.9 Å². The average Bonchev–Trinajstić information content (AvgIpc) is 2.60. The fourth-order valence-corrected chi connectivity index (χ4v) is 1.85. The number of ether oxygens (including phenoxy) is 1. The largest absolute Gasteiger partial charge is 0.350 e. The number of nitrogens with one attached hydrogen (secondary N) is 2. The second-order valence-electron chi connectivity index (χ2n) is 4.74. The third-order valence-corrected chi connectivity index (χ3v) is 3.08. The lowest BCUT2D eigenvalue weighted by molar-refractivity contribution is -0.200. The summed E-state index contributed by atoms with van der Waals surface area (Å²) in [5, 5.41) is 1.31. The minimum atomic E-state index is -2.38. The molecule has 0 bridgehead atoms. The van der Waals surface area contributed by atoms with Crippen molar-refractivity contribution < 1.29 is 41.1 Å². The van der Waals surface area contributed by atoms with Crippen LogP contribution in [0.2, 0.25) is 0 Å². The van der Waals surface area contributed by atoms with E-state index in [1.807, 2.05) is 0 Å². The third kappa shape index (κ3) is 3.79. The van der Waals surface area contributed by atoms with Crippen molar-refractivity contribution in [1.82, 2.24) is 5.48 Å². The molecule has 0 spiro atoms. The Morgan fingerprint density at radius 1 is 0.917 bits per heavy atom. The van der Waals surface area contributed by atoms with Crippen LogP contribution in [-0.2, 0) is 19.2 Å². The van der Waals surface area contributed by atoms with Crippen LogP contribution < -0.4 is 10.8 Å². The van der Waals surface area contributed by atoms with Crippen LogP contribution in [0.1, 0.15) is 19.3 Å². The molecule has 0 aromatic heterocycles. The molecule has 24 heavy (non-hydrogen) atoms. The van der Waals surface area contributed by atoms with Crippen molar-refractivity contribution in [3.63, 3.8) is 0 Å². The number of halogens is 5. The van der Waals surface area contributed by atoms with E-state index in [1.165, 1.54) is 5.32 Å². The normalized spacial score (nSPS) is 17.5. The van der Waals surface area contributed by atoms with Crippen molar-refractivity contribution in [3.8, 4) is 0 Å². The maximum absolute atomic E-state index is 13.4.